The smallest absolute Gasteiger partial charge is 0.331 e. The molecule has 6 heteroatoms. The highest BCUT2D eigenvalue weighted by Crippen LogP contribution is 2.17. The highest BCUT2D eigenvalue weighted by atomic mass is 35.5. The van der Waals surface area contributed by atoms with Crippen LogP contribution in [0.4, 0.5) is 0 Å². The lowest BCUT2D eigenvalue weighted by atomic mass is 10.3. The molecule has 0 atom stereocenters. The number of ether oxygens (including phenoxy) is 1. The van der Waals surface area contributed by atoms with E-state index in [2.05, 4.69) is 4.98 Å². The summed E-state index contributed by atoms with van der Waals surface area (Å²) in [4.78, 5) is 28.0. The second kappa shape index (κ2) is 5.99. The second-order valence-electron chi connectivity index (χ2n) is 4.60. The molecule has 3 rings (SSSR count). The molecule has 0 fully saturated rings. The van der Waals surface area contributed by atoms with Crippen LogP contribution in [0, 0.1) is 0 Å². The lowest BCUT2D eigenvalue weighted by Crippen LogP contribution is -2.26. The third-order valence-electron chi connectivity index (χ3n) is 3.07. The lowest BCUT2D eigenvalue weighted by Gasteiger charge is -2.09. The zero-order valence-electron chi connectivity index (χ0n) is 11.4. The Labute approximate surface area is 130 Å². The van der Waals surface area contributed by atoms with Gasteiger partial charge in [0, 0.05) is 5.02 Å². The molecule has 5 nitrogen and oxygen atoms in total. The molecule has 0 unspecified atom stereocenters. The van der Waals surface area contributed by atoms with E-state index in [1.54, 1.807) is 36.4 Å². The predicted octanol–water partition coefficient (Wildman–Crippen LogP) is 2.66. The van der Waals surface area contributed by atoms with E-state index in [0.29, 0.717) is 21.8 Å². The van der Waals surface area contributed by atoms with E-state index in [0.717, 1.165) is 0 Å². The van der Waals surface area contributed by atoms with E-state index >= 15 is 0 Å². The maximum absolute atomic E-state index is 12.0. The molecular weight excluding hydrogens is 304 g/mol. The van der Waals surface area contributed by atoms with Gasteiger partial charge < -0.3 is 4.74 Å². The number of carbonyl (C=O) groups excluding carboxylic acids is 1. The van der Waals surface area contributed by atoms with Crippen molar-refractivity contribution in [2.45, 2.75) is 6.54 Å². The maximum Gasteiger partial charge on any atom is 0.331 e. The summed E-state index contributed by atoms with van der Waals surface area (Å²) in [5.41, 5.74) is 0.859. The number of hydrogen-bond donors (Lipinski definition) is 0. The van der Waals surface area contributed by atoms with E-state index in [-0.39, 0.29) is 12.1 Å². The summed E-state index contributed by atoms with van der Waals surface area (Å²) in [5.74, 6) is -0.218. The van der Waals surface area contributed by atoms with Crippen LogP contribution in [-0.4, -0.2) is 15.5 Å². The van der Waals surface area contributed by atoms with Gasteiger partial charge >= 0.3 is 5.97 Å². The fourth-order valence-electron chi connectivity index (χ4n) is 2.10. The number of halogens is 1. The topological polar surface area (TPSA) is 61.2 Å². The Morgan fingerprint density at radius 3 is 2.82 bits per heavy atom. The number of benzene rings is 2. The van der Waals surface area contributed by atoms with Crippen LogP contribution in [-0.2, 0) is 11.3 Å². The minimum atomic E-state index is -0.555. The average Bonchev–Trinajstić information content (AvgIpc) is 2.50. The van der Waals surface area contributed by atoms with Gasteiger partial charge in [-0.25, -0.2) is 9.78 Å². The van der Waals surface area contributed by atoms with Crippen molar-refractivity contribution < 1.29 is 9.53 Å². The number of nitrogens with zero attached hydrogens (tertiary/aromatic N) is 2. The highest BCUT2D eigenvalue weighted by Gasteiger charge is 2.11. The third-order valence-corrected chi connectivity index (χ3v) is 3.30. The summed E-state index contributed by atoms with van der Waals surface area (Å²) in [7, 11) is 0. The minimum absolute atomic E-state index is 0.200. The molecule has 0 spiro atoms. The van der Waals surface area contributed by atoms with E-state index in [1.165, 1.54) is 16.8 Å². The first-order valence-electron chi connectivity index (χ1n) is 6.54. The number of rotatable bonds is 3. The largest absolute Gasteiger partial charge is 0.425 e. The van der Waals surface area contributed by atoms with Crippen LogP contribution in [0.5, 0.6) is 5.75 Å². The van der Waals surface area contributed by atoms with Crippen LogP contribution in [0.25, 0.3) is 11.0 Å². The van der Waals surface area contributed by atoms with Crippen LogP contribution in [0.1, 0.15) is 0 Å². The van der Waals surface area contributed by atoms with Gasteiger partial charge in [-0.3, -0.25) is 9.36 Å². The Hall–Kier alpha value is -2.66. The zero-order valence-corrected chi connectivity index (χ0v) is 12.2. The van der Waals surface area contributed by atoms with Gasteiger partial charge in [0.25, 0.3) is 5.56 Å². The molecule has 0 saturated carbocycles. The first-order chi connectivity index (χ1) is 10.6. The van der Waals surface area contributed by atoms with Crippen molar-refractivity contribution in [1.29, 1.82) is 0 Å². The molecular formula is C16H11ClN2O3. The van der Waals surface area contributed by atoms with E-state index in [9.17, 15) is 9.59 Å². The Balaban J connectivity index is 1.88. The quantitative estimate of drug-likeness (QED) is 0.551. The second-order valence-corrected chi connectivity index (χ2v) is 5.04. The summed E-state index contributed by atoms with van der Waals surface area (Å²) in [6, 6.07) is 13.6. The fraction of sp³-hybridized carbons (Fsp3) is 0.0625. The molecule has 0 N–H and O–H groups in total. The van der Waals surface area contributed by atoms with Crippen molar-refractivity contribution in [3.05, 3.63) is 70.1 Å². The lowest BCUT2D eigenvalue weighted by molar-refractivity contribution is -0.135. The Morgan fingerprint density at radius 2 is 2.00 bits per heavy atom. The van der Waals surface area contributed by atoms with Gasteiger partial charge in [-0.2, -0.15) is 0 Å². The summed E-state index contributed by atoms with van der Waals surface area (Å²) in [5, 5.41) is 0.469. The van der Waals surface area contributed by atoms with Crippen molar-refractivity contribution >= 4 is 28.6 Å². The number of aromatic nitrogens is 2. The molecule has 0 radical (unpaired) electrons. The molecule has 22 heavy (non-hydrogen) atoms. The van der Waals surface area contributed by atoms with E-state index in [1.807, 2.05) is 6.07 Å². The van der Waals surface area contributed by atoms with Crippen molar-refractivity contribution in [3.8, 4) is 5.75 Å². The zero-order chi connectivity index (χ0) is 15.5. The van der Waals surface area contributed by atoms with Crippen LogP contribution < -0.4 is 10.3 Å². The van der Waals surface area contributed by atoms with E-state index < -0.39 is 5.97 Å². The first-order valence-corrected chi connectivity index (χ1v) is 6.92. The first kappa shape index (κ1) is 14.3. The highest BCUT2D eigenvalue weighted by molar-refractivity contribution is 6.30. The molecule has 0 aliphatic carbocycles. The Kier molecular flexibility index (Phi) is 3.89. The van der Waals surface area contributed by atoms with Gasteiger partial charge in [0.2, 0.25) is 0 Å². The molecule has 1 heterocycles. The van der Waals surface area contributed by atoms with Gasteiger partial charge in [-0.15, -0.1) is 0 Å². The van der Waals surface area contributed by atoms with Gasteiger partial charge in [0.1, 0.15) is 12.3 Å². The number of hydrogen-bond acceptors (Lipinski definition) is 4. The summed E-state index contributed by atoms with van der Waals surface area (Å²) < 4.78 is 6.53. The fourth-order valence-corrected chi connectivity index (χ4v) is 2.28. The van der Waals surface area contributed by atoms with Gasteiger partial charge in [0.05, 0.1) is 17.2 Å². The third kappa shape index (κ3) is 2.99. The average molecular weight is 315 g/mol. The number of carbonyl (C=O) groups is 1. The monoisotopic (exact) mass is 314 g/mol. The summed E-state index contributed by atoms with van der Waals surface area (Å²) >= 11 is 5.84. The van der Waals surface area contributed by atoms with E-state index in [4.69, 9.17) is 16.3 Å². The Morgan fingerprint density at radius 1 is 1.18 bits per heavy atom. The molecule has 3 aromatic rings. The van der Waals surface area contributed by atoms with Crippen LogP contribution >= 0.6 is 11.6 Å². The Bertz CT molecular complexity index is 905. The summed E-state index contributed by atoms with van der Waals surface area (Å²) in [6.45, 7) is -0.200. The molecule has 0 aliphatic rings. The minimum Gasteiger partial charge on any atom is -0.425 e. The molecule has 0 bridgehead atoms. The number of para-hydroxylation sites is 2. The van der Waals surface area contributed by atoms with Crippen LogP contribution in [0.2, 0.25) is 5.02 Å². The molecule has 2 aromatic carbocycles. The molecule has 0 saturated heterocycles. The molecule has 0 amide bonds. The standard InChI is InChI=1S/C16H11ClN2O3/c17-11-4-3-5-12(8-11)22-16(21)10-19-14-7-2-1-6-13(14)18-9-15(19)20/h1-9H,10H2. The van der Waals surface area contributed by atoms with Crippen molar-refractivity contribution in [2.24, 2.45) is 0 Å². The maximum atomic E-state index is 12.0. The summed E-state index contributed by atoms with van der Waals surface area (Å²) in [6.07, 6.45) is 1.19. The normalized spacial score (nSPS) is 10.6. The molecule has 0 aliphatic heterocycles. The van der Waals surface area contributed by atoms with Crippen molar-refractivity contribution in [3.63, 3.8) is 0 Å². The SMILES string of the molecule is O=C(Cn1c(=O)cnc2ccccc21)Oc1cccc(Cl)c1. The van der Waals surface area contributed by atoms with Gasteiger partial charge in [-0.1, -0.05) is 29.8 Å². The predicted molar refractivity (Wildman–Crippen MR) is 83.1 cm³/mol. The van der Waals surface area contributed by atoms with Crippen molar-refractivity contribution in [1.82, 2.24) is 9.55 Å². The van der Waals surface area contributed by atoms with Crippen LogP contribution in [0.15, 0.2) is 59.5 Å². The number of esters is 1. The molecule has 110 valence electrons. The van der Waals surface area contributed by atoms with Gasteiger partial charge in [-0.05, 0) is 30.3 Å². The number of fused-ring (bicyclic) bond motifs is 1. The van der Waals surface area contributed by atoms with Gasteiger partial charge in [0.15, 0.2) is 0 Å². The molecule has 1 aromatic heterocycles. The van der Waals surface area contributed by atoms with Crippen molar-refractivity contribution in [2.75, 3.05) is 0 Å². The van der Waals surface area contributed by atoms with Crippen LogP contribution in [0.3, 0.4) is 0 Å².